The summed E-state index contributed by atoms with van der Waals surface area (Å²) in [5.41, 5.74) is 0. The lowest BCUT2D eigenvalue weighted by molar-refractivity contribution is -0.164. The van der Waals surface area contributed by atoms with Crippen LogP contribution in [-0.4, -0.2) is 58.8 Å². The van der Waals surface area contributed by atoms with Gasteiger partial charge in [-0.2, -0.15) is 0 Å². The lowest BCUT2D eigenvalue weighted by atomic mass is 9.98. The smallest absolute Gasteiger partial charge is 0.217 e. The molecule has 0 aliphatic carbocycles. The fourth-order valence-corrected chi connectivity index (χ4v) is 1.43. The topological polar surface area (TPSA) is 99.0 Å². The van der Waals surface area contributed by atoms with Crippen LogP contribution in [0.15, 0.2) is 0 Å². The third-order valence-electron chi connectivity index (χ3n) is 2.20. The van der Waals surface area contributed by atoms with Gasteiger partial charge in [0.05, 0.1) is 19.3 Å². The third kappa shape index (κ3) is 2.42. The van der Waals surface area contributed by atoms with Crippen LogP contribution in [0.5, 0.6) is 0 Å². The van der Waals surface area contributed by atoms with Crippen molar-refractivity contribution < 1.29 is 24.9 Å². The molecule has 6 nitrogen and oxygen atoms in total. The molecule has 0 saturated carbocycles. The number of hydrogen-bond donors (Lipinski definition) is 4. The lowest BCUT2D eigenvalue weighted by Gasteiger charge is -2.36. The Bertz CT molecular complexity index is 210. The average molecular weight is 205 g/mol. The standard InChI is InChI=1S/C8H15NO5/c1-4(11)9-5-3-14-6(2-10)8(13)7(5)12/h5-8,10,12-13H,2-3H2,1H3,(H,9,11)/t5-,6?,7?,8+/m1/s1. The zero-order chi connectivity index (χ0) is 10.7. The van der Waals surface area contributed by atoms with Gasteiger partial charge in [-0.1, -0.05) is 0 Å². The van der Waals surface area contributed by atoms with E-state index in [4.69, 9.17) is 9.84 Å². The van der Waals surface area contributed by atoms with Gasteiger partial charge in [0, 0.05) is 6.92 Å². The minimum absolute atomic E-state index is 0.0863. The molecular weight excluding hydrogens is 190 g/mol. The predicted molar refractivity (Wildman–Crippen MR) is 46.4 cm³/mol. The summed E-state index contributed by atoms with van der Waals surface area (Å²) in [4.78, 5) is 10.7. The average Bonchev–Trinajstić information content (AvgIpc) is 2.13. The van der Waals surface area contributed by atoms with Gasteiger partial charge in [0.15, 0.2) is 0 Å². The Labute approximate surface area is 81.5 Å². The Morgan fingerprint density at radius 3 is 2.64 bits per heavy atom. The summed E-state index contributed by atoms with van der Waals surface area (Å²) in [6.45, 7) is 1.05. The van der Waals surface area contributed by atoms with Crippen molar-refractivity contribution in [1.82, 2.24) is 5.32 Å². The van der Waals surface area contributed by atoms with Crippen LogP contribution in [0.4, 0.5) is 0 Å². The van der Waals surface area contributed by atoms with E-state index in [1.54, 1.807) is 0 Å². The van der Waals surface area contributed by atoms with Gasteiger partial charge in [-0.3, -0.25) is 4.79 Å². The van der Waals surface area contributed by atoms with Crippen molar-refractivity contribution in [2.45, 2.75) is 31.3 Å². The van der Waals surface area contributed by atoms with E-state index >= 15 is 0 Å². The number of amides is 1. The maximum absolute atomic E-state index is 10.7. The van der Waals surface area contributed by atoms with Crippen LogP contribution in [0.3, 0.4) is 0 Å². The van der Waals surface area contributed by atoms with Crippen LogP contribution in [0.1, 0.15) is 6.92 Å². The summed E-state index contributed by atoms with van der Waals surface area (Å²) in [6, 6.07) is -0.620. The van der Waals surface area contributed by atoms with Crippen molar-refractivity contribution in [2.24, 2.45) is 0 Å². The fraction of sp³-hybridized carbons (Fsp3) is 0.875. The molecule has 0 aromatic rings. The van der Waals surface area contributed by atoms with Gasteiger partial charge in [-0.25, -0.2) is 0 Å². The van der Waals surface area contributed by atoms with E-state index in [2.05, 4.69) is 5.32 Å². The molecular formula is C8H15NO5. The highest BCUT2D eigenvalue weighted by atomic mass is 16.5. The second-order valence-electron chi connectivity index (χ2n) is 3.34. The predicted octanol–water partition coefficient (Wildman–Crippen LogP) is -2.40. The molecule has 1 fully saturated rings. The van der Waals surface area contributed by atoms with Crippen molar-refractivity contribution in [3.05, 3.63) is 0 Å². The molecule has 1 heterocycles. The summed E-state index contributed by atoms with van der Waals surface area (Å²) in [5, 5.41) is 30.2. The second kappa shape index (κ2) is 4.70. The van der Waals surface area contributed by atoms with Gasteiger partial charge in [-0.05, 0) is 0 Å². The number of nitrogens with one attached hydrogen (secondary N) is 1. The molecule has 0 radical (unpaired) electrons. The lowest BCUT2D eigenvalue weighted by Crippen LogP contribution is -2.59. The number of hydrogen-bond acceptors (Lipinski definition) is 5. The minimum Gasteiger partial charge on any atom is -0.394 e. The number of ether oxygens (including phenoxy) is 1. The molecule has 82 valence electrons. The highest BCUT2D eigenvalue weighted by Gasteiger charge is 2.38. The molecule has 1 saturated heterocycles. The summed E-state index contributed by atoms with van der Waals surface area (Å²) in [6.07, 6.45) is -3.06. The van der Waals surface area contributed by atoms with Crippen molar-refractivity contribution in [1.29, 1.82) is 0 Å². The molecule has 1 rings (SSSR count). The Kier molecular flexibility index (Phi) is 3.82. The Morgan fingerprint density at radius 2 is 2.14 bits per heavy atom. The van der Waals surface area contributed by atoms with Crippen molar-refractivity contribution in [3.63, 3.8) is 0 Å². The van der Waals surface area contributed by atoms with Gasteiger partial charge in [-0.15, -0.1) is 0 Å². The van der Waals surface area contributed by atoms with E-state index in [1.165, 1.54) is 6.92 Å². The molecule has 1 aliphatic rings. The minimum atomic E-state index is -1.18. The highest BCUT2D eigenvalue weighted by molar-refractivity contribution is 5.73. The second-order valence-corrected chi connectivity index (χ2v) is 3.34. The maximum atomic E-state index is 10.7. The van der Waals surface area contributed by atoms with E-state index in [-0.39, 0.29) is 19.1 Å². The molecule has 0 bridgehead atoms. The van der Waals surface area contributed by atoms with Crippen LogP contribution in [-0.2, 0) is 9.53 Å². The number of carbonyl (C=O) groups excluding carboxylic acids is 1. The first-order valence-corrected chi connectivity index (χ1v) is 4.42. The van der Waals surface area contributed by atoms with Crippen LogP contribution in [0.25, 0.3) is 0 Å². The van der Waals surface area contributed by atoms with Crippen molar-refractivity contribution in [3.8, 4) is 0 Å². The maximum Gasteiger partial charge on any atom is 0.217 e. The molecule has 14 heavy (non-hydrogen) atoms. The van der Waals surface area contributed by atoms with Gasteiger partial charge < -0.3 is 25.4 Å². The monoisotopic (exact) mass is 205 g/mol. The van der Waals surface area contributed by atoms with Crippen LogP contribution < -0.4 is 5.32 Å². The fourth-order valence-electron chi connectivity index (χ4n) is 1.43. The first-order chi connectivity index (χ1) is 6.56. The molecule has 4 N–H and O–H groups in total. The molecule has 1 aliphatic heterocycles. The van der Waals surface area contributed by atoms with Gasteiger partial charge >= 0.3 is 0 Å². The van der Waals surface area contributed by atoms with E-state index in [1.807, 2.05) is 0 Å². The third-order valence-corrected chi connectivity index (χ3v) is 2.20. The van der Waals surface area contributed by atoms with Gasteiger partial charge in [0.1, 0.15) is 18.3 Å². The van der Waals surface area contributed by atoms with Gasteiger partial charge in [0.2, 0.25) is 5.91 Å². The zero-order valence-corrected chi connectivity index (χ0v) is 7.88. The van der Waals surface area contributed by atoms with Crippen molar-refractivity contribution in [2.75, 3.05) is 13.2 Å². The normalized spacial score (nSPS) is 38.0. The largest absolute Gasteiger partial charge is 0.394 e. The van der Waals surface area contributed by atoms with E-state index in [0.717, 1.165) is 0 Å². The zero-order valence-electron chi connectivity index (χ0n) is 7.88. The number of aliphatic hydroxyl groups is 3. The quantitative estimate of drug-likeness (QED) is 0.403. The van der Waals surface area contributed by atoms with Crippen LogP contribution >= 0.6 is 0 Å². The molecule has 0 aromatic heterocycles. The molecule has 6 heteroatoms. The first-order valence-electron chi connectivity index (χ1n) is 4.42. The summed E-state index contributed by atoms with van der Waals surface area (Å²) >= 11 is 0. The molecule has 0 aromatic carbocycles. The van der Waals surface area contributed by atoms with E-state index in [9.17, 15) is 15.0 Å². The van der Waals surface area contributed by atoms with E-state index in [0.29, 0.717) is 0 Å². The highest BCUT2D eigenvalue weighted by Crippen LogP contribution is 2.14. The number of aliphatic hydroxyl groups excluding tert-OH is 3. The number of rotatable bonds is 2. The Balaban J connectivity index is 2.54. The Hall–Kier alpha value is -0.690. The molecule has 0 spiro atoms. The van der Waals surface area contributed by atoms with Crippen LogP contribution in [0.2, 0.25) is 0 Å². The first kappa shape index (κ1) is 11.4. The Morgan fingerprint density at radius 1 is 1.50 bits per heavy atom. The molecule has 2 unspecified atom stereocenters. The van der Waals surface area contributed by atoms with Crippen LogP contribution in [0, 0.1) is 0 Å². The van der Waals surface area contributed by atoms with E-state index < -0.39 is 24.4 Å². The summed E-state index contributed by atoms with van der Waals surface area (Å²) in [5.74, 6) is -0.299. The number of carbonyl (C=O) groups is 1. The summed E-state index contributed by atoms with van der Waals surface area (Å²) < 4.78 is 5.05. The van der Waals surface area contributed by atoms with Crippen molar-refractivity contribution >= 4 is 5.91 Å². The van der Waals surface area contributed by atoms with Gasteiger partial charge in [0.25, 0.3) is 0 Å². The summed E-state index contributed by atoms with van der Waals surface area (Å²) in [7, 11) is 0. The SMILES string of the molecule is CC(=O)N[C@@H]1COC(CO)[C@H](O)C1O. The molecule has 1 amide bonds. The molecule has 4 atom stereocenters.